The Kier molecular flexibility index (Phi) is 9.07. The van der Waals surface area contributed by atoms with Gasteiger partial charge in [0.2, 0.25) is 11.9 Å². The molecule has 0 spiro atoms. The summed E-state index contributed by atoms with van der Waals surface area (Å²) in [6.45, 7) is 6.41. The van der Waals surface area contributed by atoms with Crippen molar-refractivity contribution in [2.75, 3.05) is 56.0 Å². The maximum absolute atomic E-state index is 13.3. The predicted octanol–water partition coefficient (Wildman–Crippen LogP) is 4.36. The molecule has 5 rings (SSSR count). The summed E-state index contributed by atoms with van der Waals surface area (Å²) >= 11 is 0. The van der Waals surface area contributed by atoms with Gasteiger partial charge in [0.15, 0.2) is 5.82 Å². The molecule has 41 heavy (non-hydrogen) atoms. The number of fused-ring (bicyclic) bond motifs is 1. The molecule has 220 valence electrons. The van der Waals surface area contributed by atoms with Gasteiger partial charge in [-0.1, -0.05) is 25.3 Å². The molecule has 1 aromatic carbocycles. The molecule has 10 nitrogen and oxygen atoms in total. The molecule has 2 atom stereocenters. The highest BCUT2D eigenvalue weighted by Gasteiger charge is 2.36. The number of ether oxygens (including phenoxy) is 1. The van der Waals surface area contributed by atoms with Crippen LogP contribution < -0.4 is 25.2 Å². The molecule has 2 aliphatic heterocycles. The van der Waals surface area contributed by atoms with Crippen LogP contribution in [0, 0.1) is 5.92 Å². The fourth-order valence-corrected chi connectivity index (χ4v) is 6.37. The maximum Gasteiger partial charge on any atom is 0.251 e. The van der Waals surface area contributed by atoms with Crippen molar-refractivity contribution in [3.05, 3.63) is 42.6 Å². The fourth-order valence-electron chi connectivity index (χ4n) is 6.37. The first-order chi connectivity index (χ1) is 19.9. The molecule has 3 aliphatic rings. The van der Waals surface area contributed by atoms with Crippen LogP contribution in [0.15, 0.2) is 37.1 Å². The van der Waals surface area contributed by atoms with Crippen molar-refractivity contribution in [1.29, 1.82) is 0 Å². The summed E-state index contributed by atoms with van der Waals surface area (Å²) in [4.78, 5) is 42.1. The number of hydrogen-bond donors (Lipinski definition) is 2. The van der Waals surface area contributed by atoms with Gasteiger partial charge in [-0.15, -0.1) is 6.58 Å². The number of benzene rings is 1. The molecule has 2 amide bonds. The Morgan fingerprint density at radius 1 is 1.15 bits per heavy atom. The molecule has 2 N–H and O–H groups in total. The fraction of sp³-hybridized carbons (Fsp3) is 0.548. The molecular weight excluding hydrogens is 518 g/mol. The lowest BCUT2D eigenvalue weighted by molar-refractivity contribution is -0.121. The average molecular weight is 562 g/mol. The van der Waals surface area contributed by atoms with Crippen LogP contribution in [-0.2, 0) is 4.79 Å². The van der Waals surface area contributed by atoms with Gasteiger partial charge in [0, 0.05) is 37.8 Å². The number of likely N-dealkylation sites (tertiary alicyclic amines) is 1. The van der Waals surface area contributed by atoms with E-state index in [9.17, 15) is 9.59 Å². The number of nitrogens with zero attached hydrogens (tertiary/aromatic N) is 5. The van der Waals surface area contributed by atoms with Gasteiger partial charge in [0.25, 0.3) is 5.91 Å². The van der Waals surface area contributed by atoms with Crippen LogP contribution in [0.1, 0.15) is 61.7 Å². The van der Waals surface area contributed by atoms with Crippen molar-refractivity contribution in [1.82, 2.24) is 20.2 Å². The third-order valence-corrected chi connectivity index (χ3v) is 8.62. The largest absolute Gasteiger partial charge is 0.495 e. The van der Waals surface area contributed by atoms with E-state index in [2.05, 4.69) is 39.0 Å². The van der Waals surface area contributed by atoms with Crippen LogP contribution in [0.3, 0.4) is 0 Å². The molecule has 2 aromatic rings. The van der Waals surface area contributed by atoms with Crippen molar-refractivity contribution < 1.29 is 14.3 Å². The molecule has 1 saturated carbocycles. The van der Waals surface area contributed by atoms with Gasteiger partial charge < -0.3 is 30.1 Å². The van der Waals surface area contributed by atoms with Gasteiger partial charge in [0.05, 0.1) is 24.9 Å². The Bertz CT molecular complexity index is 1260. The lowest BCUT2D eigenvalue weighted by Crippen LogP contribution is -2.46. The first-order valence-corrected chi connectivity index (χ1v) is 14.8. The third-order valence-electron chi connectivity index (χ3n) is 8.62. The maximum atomic E-state index is 13.3. The minimum absolute atomic E-state index is 0.0594. The minimum Gasteiger partial charge on any atom is -0.495 e. The van der Waals surface area contributed by atoms with E-state index in [0.29, 0.717) is 47.6 Å². The number of methoxy groups -OCH3 is 1. The van der Waals surface area contributed by atoms with Gasteiger partial charge in [0.1, 0.15) is 11.4 Å². The number of nitrogens with one attached hydrogen (secondary N) is 2. The van der Waals surface area contributed by atoms with E-state index in [-0.39, 0.29) is 23.8 Å². The van der Waals surface area contributed by atoms with Gasteiger partial charge >= 0.3 is 0 Å². The molecular formula is C31H43N7O3. The molecule has 2 fully saturated rings. The number of rotatable bonds is 8. The summed E-state index contributed by atoms with van der Waals surface area (Å²) in [5.74, 6) is 1.47. The smallest absolute Gasteiger partial charge is 0.251 e. The van der Waals surface area contributed by atoms with Crippen molar-refractivity contribution in [2.45, 2.75) is 63.5 Å². The first-order valence-electron chi connectivity index (χ1n) is 14.8. The lowest BCUT2D eigenvalue weighted by Gasteiger charge is -2.36. The van der Waals surface area contributed by atoms with E-state index >= 15 is 0 Å². The molecule has 1 aliphatic carbocycles. The van der Waals surface area contributed by atoms with E-state index in [4.69, 9.17) is 9.72 Å². The third kappa shape index (κ3) is 6.48. The molecule has 0 radical (unpaired) electrons. The minimum atomic E-state index is -0.183. The topological polar surface area (TPSA) is 103 Å². The molecule has 0 bridgehead atoms. The number of carbonyl (C=O) groups excluding carboxylic acids is 2. The number of anilines is 4. The summed E-state index contributed by atoms with van der Waals surface area (Å²) in [6, 6.07) is 5.82. The van der Waals surface area contributed by atoms with Gasteiger partial charge in [-0.3, -0.25) is 9.59 Å². The number of piperidine rings is 1. The molecule has 10 heteroatoms. The van der Waals surface area contributed by atoms with E-state index in [1.54, 1.807) is 37.4 Å². The van der Waals surface area contributed by atoms with Crippen LogP contribution in [0.25, 0.3) is 0 Å². The summed E-state index contributed by atoms with van der Waals surface area (Å²) in [5, 5.41) is 6.46. The zero-order valence-electron chi connectivity index (χ0n) is 24.6. The molecule has 3 heterocycles. The highest BCUT2D eigenvalue weighted by Crippen LogP contribution is 2.38. The molecule has 1 aromatic heterocycles. The van der Waals surface area contributed by atoms with Crippen LogP contribution in [0.2, 0.25) is 0 Å². The number of likely N-dealkylation sites (N-methyl/N-ethyl adjacent to an activating group) is 1. The Labute approximate surface area is 243 Å². The number of amides is 2. The average Bonchev–Trinajstić information content (AvgIpc) is 3.08. The number of allylic oxidation sites excluding steroid dienone is 1. The lowest BCUT2D eigenvalue weighted by atomic mass is 9.93. The second-order valence-electron chi connectivity index (χ2n) is 11.6. The monoisotopic (exact) mass is 561 g/mol. The Hall–Kier alpha value is -3.66. The first kappa shape index (κ1) is 28.9. The van der Waals surface area contributed by atoms with Crippen LogP contribution in [0.5, 0.6) is 5.75 Å². The van der Waals surface area contributed by atoms with Crippen LogP contribution >= 0.6 is 0 Å². The number of aromatic nitrogens is 2. The summed E-state index contributed by atoms with van der Waals surface area (Å²) in [6.07, 6.45) is 12.0. The summed E-state index contributed by atoms with van der Waals surface area (Å²) < 4.78 is 5.66. The normalized spacial score (nSPS) is 22.1. The van der Waals surface area contributed by atoms with E-state index in [0.717, 1.165) is 44.6 Å². The number of hydrogen-bond acceptors (Lipinski definition) is 8. The zero-order valence-corrected chi connectivity index (χ0v) is 24.6. The van der Waals surface area contributed by atoms with E-state index < -0.39 is 0 Å². The summed E-state index contributed by atoms with van der Waals surface area (Å²) in [7, 11) is 5.47. The highest BCUT2D eigenvalue weighted by atomic mass is 16.5. The Morgan fingerprint density at radius 3 is 2.68 bits per heavy atom. The Balaban J connectivity index is 1.40. The van der Waals surface area contributed by atoms with Gasteiger partial charge in [-0.05, 0) is 63.9 Å². The zero-order chi connectivity index (χ0) is 28.9. The van der Waals surface area contributed by atoms with Crippen molar-refractivity contribution in [3.63, 3.8) is 0 Å². The van der Waals surface area contributed by atoms with Crippen LogP contribution in [0.4, 0.5) is 23.1 Å². The van der Waals surface area contributed by atoms with Gasteiger partial charge in [-0.2, -0.15) is 4.98 Å². The van der Waals surface area contributed by atoms with Crippen molar-refractivity contribution >= 4 is 35.0 Å². The second-order valence-corrected chi connectivity index (χ2v) is 11.6. The quantitative estimate of drug-likeness (QED) is 0.459. The SMILES string of the molecule is C=CCC1CN(C2CCCCC2)c2nc(Nc3ccc(C(=O)N[C@@H]4CCCN(C)C4)cc3OC)ncc2N(C)C1=O. The summed E-state index contributed by atoms with van der Waals surface area (Å²) in [5.41, 5.74) is 1.92. The standard InChI is InChI=1S/C31H43N7O3/c1-5-10-22-19-38(24-12-7-6-8-13-24)28-26(37(3)30(22)40)18-32-31(35-28)34-25-15-14-21(17-27(25)41-4)29(39)33-23-11-9-16-36(2)20-23/h5,14-15,17-18,22-24H,1,6-13,16,19-20H2,2-4H3,(H,33,39)(H,32,34,35)/t22?,23-/m1/s1. The predicted molar refractivity (Wildman–Crippen MR) is 162 cm³/mol. The Morgan fingerprint density at radius 2 is 1.95 bits per heavy atom. The van der Waals surface area contributed by atoms with Crippen molar-refractivity contribution in [2.24, 2.45) is 5.92 Å². The van der Waals surface area contributed by atoms with Crippen LogP contribution in [-0.4, -0.2) is 79.6 Å². The molecule has 1 saturated heterocycles. The second kappa shape index (κ2) is 12.9. The molecule has 1 unspecified atom stereocenters. The van der Waals surface area contributed by atoms with Crippen molar-refractivity contribution in [3.8, 4) is 5.75 Å². The van der Waals surface area contributed by atoms with E-state index in [1.807, 2.05) is 12.1 Å². The van der Waals surface area contributed by atoms with Gasteiger partial charge in [-0.25, -0.2) is 4.98 Å². The number of carbonyl (C=O) groups is 2. The highest BCUT2D eigenvalue weighted by molar-refractivity contribution is 5.99. The van der Waals surface area contributed by atoms with E-state index in [1.165, 1.54) is 19.3 Å².